The second kappa shape index (κ2) is 11.2. The predicted molar refractivity (Wildman–Crippen MR) is 66.5 cm³/mol. The van der Waals surface area contributed by atoms with Crippen LogP contribution in [0.2, 0.25) is 0 Å². The quantitative estimate of drug-likeness (QED) is 0.252. The van der Waals surface area contributed by atoms with Crippen molar-refractivity contribution in [2.45, 2.75) is 58.8 Å². The Bertz CT molecular complexity index is 210. The standard InChI is InChI=1S/C11H25O5P/c1-3-5-6-7-8-9-11-14-16-17(12,13)15-10-4-2/h3-11H2,1-2H3,(H,12,13). The Morgan fingerprint density at radius 3 is 2.24 bits per heavy atom. The van der Waals surface area contributed by atoms with E-state index in [1.807, 2.05) is 6.92 Å². The highest BCUT2D eigenvalue weighted by atomic mass is 31.2. The monoisotopic (exact) mass is 268 g/mol. The Morgan fingerprint density at radius 2 is 1.59 bits per heavy atom. The van der Waals surface area contributed by atoms with Crippen LogP contribution in [0.4, 0.5) is 0 Å². The number of rotatable bonds is 12. The first-order chi connectivity index (χ1) is 8.12. The molecule has 5 nitrogen and oxygen atoms in total. The Kier molecular flexibility index (Phi) is 11.2. The highest BCUT2D eigenvalue weighted by Gasteiger charge is 2.21. The molecular weight excluding hydrogens is 243 g/mol. The first-order valence-electron chi connectivity index (χ1n) is 6.41. The van der Waals surface area contributed by atoms with Crippen LogP contribution in [-0.2, 0) is 18.7 Å². The highest BCUT2D eigenvalue weighted by molar-refractivity contribution is 7.47. The lowest BCUT2D eigenvalue weighted by Crippen LogP contribution is -1.99. The van der Waals surface area contributed by atoms with Crippen molar-refractivity contribution in [3.05, 3.63) is 0 Å². The molecule has 0 aliphatic carbocycles. The van der Waals surface area contributed by atoms with Crippen LogP contribution in [0.1, 0.15) is 58.8 Å². The molecule has 0 aromatic carbocycles. The van der Waals surface area contributed by atoms with Crippen molar-refractivity contribution in [1.29, 1.82) is 0 Å². The van der Waals surface area contributed by atoms with Crippen LogP contribution in [0.15, 0.2) is 0 Å². The molecule has 0 fully saturated rings. The van der Waals surface area contributed by atoms with Crippen molar-refractivity contribution in [2.24, 2.45) is 0 Å². The van der Waals surface area contributed by atoms with Gasteiger partial charge < -0.3 is 4.89 Å². The highest BCUT2D eigenvalue weighted by Crippen LogP contribution is 2.43. The molecule has 0 rings (SSSR count). The number of phosphoric acid groups is 1. The summed E-state index contributed by atoms with van der Waals surface area (Å²) in [7, 11) is -4.00. The van der Waals surface area contributed by atoms with Crippen LogP contribution in [-0.4, -0.2) is 18.1 Å². The van der Waals surface area contributed by atoms with Gasteiger partial charge in [0.05, 0.1) is 13.2 Å². The summed E-state index contributed by atoms with van der Waals surface area (Å²) >= 11 is 0. The molecule has 0 amide bonds. The van der Waals surface area contributed by atoms with Gasteiger partial charge in [-0.3, -0.25) is 4.52 Å². The van der Waals surface area contributed by atoms with Crippen LogP contribution >= 0.6 is 7.82 Å². The Hall–Kier alpha value is 0.0700. The third-order valence-electron chi connectivity index (χ3n) is 2.19. The fourth-order valence-electron chi connectivity index (χ4n) is 1.27. The van der Waals surface area contributed by atoms with Crippen molar-refractivity contribution in [3.63, 3.8) is 0 Å². The fourth-order valence-corrected chi connectivity index (χ4v) is 1.94. The maximum Gasteiger partial charge on any atom is 0.499 e. The third-order valence-corrected chi connectivity index (χ3v) is 2.99. The van der Waals surface area contributed by atoms with Gasteiger partial charge in [0.15, 0.2) is 0 Å². The average molecular weight is 268 g/mol. The van der Waals surface area contributed by atoms with E-state index in [1.54, 1.807) is 0 Å². The number of hydrogen-bond acceptors (Lipinski definition) is 4. The minimum Gasteiger partial charge on any atom is -0.301 e. The summed E-state index contributed by atoms with van der Waals surface area (Å²) in [5.74, 6) is 0. The molecule has 0 spiro atoms. The van der Waals surface area contributed by atoms with E-state index in [0.717, 1.165) is 12.8 Å². The minimum absolute atomic E-state index is 0.189. The predicted octanol–water partition coefficient (Wildman–Crippen LogP) is 3.82. The van der Waals surface area contributed by atoms with E-state index in [0.29, 0.717) is 13.0 Å². The lowest BCUT2D eigenvalue weighted by atomic mass is 10.1. The molecule has 0 aromatic heterocycles. The summed E-state index contributed by atoms with van der Waals surface area (Å²) in [6, 6.07) is 0. The minimum atomic E-state index is -4.00. The number of hydrogen-bond donors (Lipinski definition) is 1. The van der Waals surface area contributed by atoms with Gasteiger partial charge in [-0.25, -0.2) is 9.45 Å². The van der Waals surface area contributed by atoms with E-state index >= 15 is 0 Å². The SMILES string of the molecule is CCCCCCCCOOP(=O)(O)OCCC. The van der Waals surface area contributed by atoms with Crippen LogP contribution in [0.25, 0.3) is 0 Å². The second-order valence-electron chi connectivity index (χ2n) is 3.97. The zero-order chi connectivity index (χ0) is 13.0. The molecule has 1 atom stereocenters. The summed E-state index contributed by atoms with van der Waals surface area (Å²) in [4.78, 5) is 13.8. The summed E-state index contributed by atoms with van der Waals surface area (Å²) < 4.78 is 20.1. The molecule has 0 saturated heterocycles. The molecule has 0 aromatic rings. The lowest BCUT2D eigenvalue weighted by Gasteiger charge is -2.10. The van der Waals surface area contributed by atoms with Gasteiger partial charge in [-0.05, 0) is 12.8 Å². The van der Waals surface area contributed by atoms with Crippen molar-refractivity contribution in [3.8, 4) is 0 Å². The van der Waals surface area contributed by atoms with Gasteiger partial charge in [-0.1, -0.05) is 46.0 Å². The van der Waals surface area contributed by atoms with Crippen molar-refractivity contribution in [2.75, 3.05) is 13.2 Å². The molecule has 1 N–H and O–H groups in total. The Morgan fingerprint density at radius 1 is 0.941 bits per heavy atom. The summed E-state index contributed by atoms with van der Waals surface area (Å²) in [5.41, 5.74) is 0. The second-order valence-corrected chi connectivity index (χ2v) is 5.31. The molecule has 0 radical (unpaired) electrons. The zero-order valence-corrected chi connectivity index (χ0v) is 11.8. The van der Waals surface area contributed by atoms with Gasteiger partial charge in [0.2, 0.25) is 0 Å². The molecule has 0 bridgehead atoms. The van der Waals surface area contributed by atoms with Gasteiger partial charge >= 0.3 is 7.82 Å². The average Bonchev–Trinajstić information content (AvgIpc) is 2.30. The van der Waals surface area contributed by atoms with E-state index < -0.39 is 7.82 Å². The summed E-state index contributed by atoms with van der Waals surface area (Å²) in [6.07, 6.45) is 7.42. The van der Waals surface area contributed by atoms with Crippen molar-refractivity contribution < 1.29 is 23.5 Å². The first kappa shape index (κ1) is 17.1. The maximum atomic E-state index is 11.1. The van der Waals surface area contributed by atoms with Crippen molar-refractivity contribution in [1.82, 2.24) is 0 Å². The molecule has 0 aliphatic rings. The lowest BCUT2D eigenvalue weighted by molar-refractivity contribution is -0.225. The van der Waals surface area contributed by atoms with Crippen LogP contribution in [0.5, 0.6) is 0 Å². The molecule has 104 valence electrons. The largest absolute Gasteiger partial charge is 0.499 e. The fraction of sp³-hybridized carbons (Fsp3) is 1.00. The Labute approximate surface area is 104 Å². The van der Waals surface area contributed by atoms with Gasteiger partial charge in [0.25, 0.3) is 0 Å². The van der Waals surface area contributed by atoms with E-state index in [1.165, 1.54) is 25.7 Å². The number of phosphoric ester groups is 1. The topological polar surface area (TPSA) is 65.0 Å². The molecule has 1 unspecified atom stereocenters. The summed E-state index contributed by atoms with van der Waals surface area (Å²) in [5, 5.41) is 0. The van der Waals surface area contributed by atoms with Crippen molar-refractivity contribution >= 4 is 7.82 Å². The van der Waals surface area contributed by atoms with E-state index in [-0.39, 0.29) is 6.61 Å². The summed E-state index contributed by atoms with van der Waals surface area (Å²) in [6.45, 7) is 4.53. The molecule has 6 heteroatoms. The van der Waals surface area contributed by atoms with Gasteiger partial charge in [-0.2, -0.15) is 0 Å². The molecule has 0 aliphatic heterocycles. The normalized spacial score (nSPS) is 14.8. The van der Waals surface area contributed by atoms with Gasteiger partial charge in [0.1, 0.15) is 0 Å². The molecular formula is C11H25O5P. The Balaban J connectivity index is 3.29. The zero-order valence-electron chi connectivity index (χ0n) is 10.9. The van der Waals surface area contributed by atoms with Crippen LogP contribution in [0.3, 0.4) is 0 Å². The molecule has 17 heavy (non-hydrogen) atoms. The van der Waals surface area contributed by atoms with E-state index in [2.05, 4.69) is 21.0 Å². The van der Waals surface area contributed by atoms with Crippen LogP contribution in [0, 0.1) is 0 Å². The van der Waals surface area contributed by atoms with Gasteiger partial charge in [-0.15, -0.1) is 4.67 Å². The maximum absolute atomic E-state index is 11.1. The van der Waals surface area contributed by atoms with Crippen LogP contribution < -0.4 is 0 Å². The smallest absolute Gasteiger partial charge is 0.301 e. The third kappa shape index (κ3) is 12.3. The molecule has 0 heterocycles. The molecule has 0 saturated carbocycles. The van der Waals surface area contributed by atoms with E-state index in [9.17, 15) is 4.57 Å². The van der Waals surface area contributed by atoms with E-state index in [4.69, 9.17) is 4.89 Å². The number of unbranched alkanes of at least 4 members (excludes halogenated alkanes) is 5. The first-order valence-corrected chi connectivity index (χ1v) is 7.90. The van der Waals surface area contributed by atoms with Gasteiger partial charge in [0, 0.05) is 0 Å².